The van der Waals surface area contributed by atoms with Gasteiger partial charge in [-0.15, -0.1) is 0 Å². The Labute approximate surface area is 185 Å². The minimum Gasteiger partial charge on any atom is -0.497 e. The number of carbonyl (C=O) groups is 2. The molecule has 1 heterocycles. The zero-order valence-corrected chi connectivity index (χ0v) is 18.7. The molecule has 7 heteroatoms. The van der Waals surface area contributed by atoms with E-state index >= 15 is 0 Å². The molecule has 1 saturated heterocycles. The van der Waals surface area contributed by atoms with Gasteiger partial charge in [-0.3, -0.25) is 14.5 Å². The first-order chi connectivity index (χ1) is 14.6. The predicted molar refractivity (Wildman–Crippen MR) is 119 cm³/mol. The molecule has 1 amide bonds. The summed E-state index contributed by atoms with van der Waals surface area (Å²) in [5.41, 5.74) is 1.74. The Morgan fingerprint density at radius 1 is 1.07 bits per heavy atom. The molecule has 1 aliphatic rings. The van der Waals surface area contributed by atoms with Gasteiger partial charge in [0.2, 0.25) is 5.91 Å². The fraction of sp³-hybridized carbons (Fsp3) is 0.391. The fourth-order valence-corrected chi connectivity index (χ4v) is 3.74. The van der Waals surface area contributed by atoms with Gasteiger partial charge in [0, 0.05) is 42.5 Å². The van der Waals surface area contributed by atoms with Gasteiger partial charge in [0.15, 0.2) is 5.78 Å². The van der Waals surface area contributed by atoms with Gasteiger partial charge in [-0.25, -0.2) is 0 Å². The molecule has 0 saturated carbocycles. The Morgan fingerprint density at radius 3 is 2.37 bits per heavy atom. The van der Waals surface area contributed by atoms with E-state index in [0.29, 0.717) is 25.3 Å². The minimum atomic E-state index is -0.118. The van der Waals surface area contributed by atoms with Gasteiger partial charge in [-0.1, -0.05) is 40.2 Å². The van der Waals surface area contributed by atoms with Crippen molar-refractivity contribution in [2.24, 2.45) is 0 Å². The first-order valence-electron chi connectivity index (χ1n) is 10.1. The van der Waals surface area contributed by atoms with E-state index in [9.17, 15) is 9.59 Å². The van der Waals surface area contributed by atoms with Crippen LogP contribution in [0, 0.1) is 0 Å². The average Bonchev–Trinajstić information content (AvgIpc) is 2.79. The second-order valence-corrected chi connectivity index (χ2v) is 8.09. The van der Waals surface area contributed by atoms with E-state index in [2.05, 4.69) is 26.1 Å². The number of nitrogens with one attached hydrogen (secondary N) is 1. The molecule has 3 rings (SSSR count). The van der Waals surface area contributed by atoms with Crippen LogP contribution in [0.2, 0.25) is 0 Å². The molecule has 2 aromatic rings. The number of nitrogens with zero attached hydrogens (tertiary/aromatic N) is 1. The number of hydrogen-bond acceptors (Lipinski definition) is 5. The highest BCUT2D eigenvalue weighted by Gasteiger charge is 2.23. The number of carbonyl (C=O) groups excluding carboxylic acids is 2. The molecule has 0 bridgehead atoms. The molecule has 1 aliphatic heterocycles. The second kappa shape index (κ2) is 11.2. The molecule has 0 aromatic heterocycles. The maximum absolute atomic E-state index is 12.4. The minimum absolute atomic E-state index is 0.0301. The molecule has 0 radical (unpaired) electrons. The molecule has 0 aliphatic carbocycles. The standard InChI is InChI=1S/C23H27BrN2O4/c1-29-20-8-4-17(5-9-20)21(26-12-14-30-15-13-26)16-25-23(28)11-10-22(27)18-2-6-19(24)7-3-18/h2-9,21H,10-16H2,1H3,(H,25,28). The molecule has 1 unspecified atom stereocenters. The zero-order chi connectivity index (χ0) is 21.3. The largest absolute Gasteiger partial charge is 0.497 e. The van der Waals surface area contributed by atoms with E-state index < -0.39 is 0 Å². The number of hydrogen-bond donors (Lipinski definition) is 1. The van der Waals surface area contributed by atoms with E-state index in [1.54, 1.807) is 19.2 Å². The Bertz CT molecular complexity index is 833. The number of benzene rings is 2. The highest BCUT2D eigenvalue weighted by atomic mass is 79.9. The van der Waals surface area contributed by atoms with E-state index in [1.165, 1.54) is 0 Å². The van der Waals surface area contributed by atoms with E-state index in [0.717, 1.165) is 28.9 Å². The molecule has 0 spiro atoms. The number of Topliss-reactive ketones (excluding diaryl/α,β-unsaturated/α-hetero) is 1. The number of rotatable bonds is 9. The van der Waals surface area contributed by atoms with Crippen molar-refractivity contribution >= 4 is 27.6 Å². The third-order valence-electron chi connectivity index (χ3n) is 5.22. The number of morpholine rings is 1. The van der Waals surface area contributed by atoms with Crippen LogP contribution in [0.3, 0.4) is 0 Å². The van der Waals surface area contributed by atoms with Crippen molar-refractivity contribution in [2.45, 2.75) is 18.9 Å². The lowest BCUT2D eigenvalue weighted by molar-refractivity contribution is -0.121. The topological polar surface area (TPSA) is 67.9 Å². The van der Waals surface area contributed by atoms with Crippen LogP contribution >= 0.6 is 15.9 Å². The van der Waals surface area contributed by atoms with E-state index in [4.69, 9.17) is 9.47 Å². The summed E-state index contributed by atoms with van der Waals surface area (Å²) in [7, 11) is 1.64. The van der Waals surface area contributed by atoms with Gasteiger partial charge >= 0.3 is 0 Å². The monoisotopic (exact) mass is 474 g/mol. The summed E-state index contributed by atoms with van der Waals surface area (Å²) >= 11 is 3.36. The maximum Gasteiger partial charge on any atom is 0.220 e. The normalized spacial score (nSPS) is 15.4. The summed E-state index contributed by atoms with van der Waals surface area (Å²) in [6.45, 7) is 3.48. The molecule has 1 N–H and O–H groups in total. The first kappa shape index (κ1) is 22.5. The van der Waals surface area contributed by atoms with Crippen LogP contribution in [0.4, 0.5) is 0 Å². The Hall–Kier alpha value is -2.22. The Balaban J connectivity index is 1.56. The van der Waals surface area contributed by atoms with Crippen molar-refractivity contribution in [1.82, 2.24) is 10.2 Å². The van der Waals surface area contributed by atoms with Crippen molar-refractivity contribution in [3.63, 3.8) is 0 Å². The number of methoxy groups -OCH3 is 1. The zero-order valence-electron chi connectivity index (χ0n) is 17.1. The van der Waals surface area contributed by atoms with Gasteiger partial charge < -0.3 is 14.8 Å². The van der Waals surface area contributed by atoms with Crippen LogP contribution in [0.15, 0.2) is 53.0 Å². The second-order valence-electron chi connectivity index (χ2n) is 7.17. The Morgan fingerprint density at radius 2 is 1.73 bits per heavy atom. The van der Waals surface area contributed by atoms with Crippen molar-refractivity contribution in [1.29, 1.82) is 0 Å². The van der Waals surface area contributed by atoms with Gasteiger partial charge in [-0.2, -0.15) is 0 Å². The predicted octanol–water partition coefficient (Wildman–Crippen LogP) is 3.61. The summed E-state index contributed by atoms with van der Waals surface area (Å²) < 4.78 is 11.6. The van der Waals surface area contributed by atoms with E-state index in [-0.39, 0.29) is 30.6 Å². The lowest BCUT2D eigenvalue weighted by Gasteiger charge is -2.35. The highest BCUT2D eigenvalue weighted by Crippen LogP contribution is 2.23. The highest BCUT2D eigenvalue weighted by molar-refractivity contribution is 9.10. The Kier molecular flexibility index (Phi) is 8.42. The molecule has 160 valence electrons. The van der Waals surface area contributed by atoms with Gasteiger partial charge in [0.05, 0.1) is 26.4 Å². The van der Waals surface area contributed by atoms with Crippen molar-refractivity contribution in [3.8, 4) is 5.75 Å². The summed E-state index contributed by atoms with van der Waals surface area (Å²) in [5.74, 6) is 0.653. The lowest BCUT2D eigenvalue weighted by atomic mass is 10.0. The number of ether oxygens (including phenoxy) is 2. The molecule has 30 heavy (non-hydrogen) atoms. The third-order valence-corrected chi connectivity index (χ3v) is 5.75. The van der Waals surface area contributed by atoms with Crippen LogP contribution in [0.1, 0.15) is 34.8 Å². The average molecular weight is 475 g/mol. The van der Waals surface area contributed by atoms with Crippen LogP contribution in [-0.4, -0.2) is 56.5 Å². The van der Waals surface area contributed by atoms with Crippen molar-refractivity contribution in [3.05, 3.63) is 64.1 Å². The third kappa shape index (κ3) is 6.39. The van der Waals surface area contributed by atoms with Crippen molar-refractivity contribution < 1.29 is 19.1 Å². The van der Waals surface area contributed by atoms with Crippen molar-refractivity contribution in [2.75, 3.05) is 40.0 Å². The molecular formula is C23H27BrN2O4. The number of amides is 1. The SMILES string of the molecule is COc1ccc(C(CNC(=O)CCC(=O)c2ccc(Br)cc2)N2CCOCC2)cc1. The van der Waals surface area contributed by atoms with Crippen LogP contribution in [0.5, 0.6) is 5.75 Å². The summed E-state index contributed by atoms with van der Waals surface area (Å²) in [6, 6.07) is 15.2. The quantitative estimate of drug-likeness (QED) is 0.562. The molecule has 1 fully saturated rings. The number of halogens is 1. The van der Waals surface area contributed by atoms with Gasteiger partial charge in [0.1, 0.15) is 5.75 Å². The van der Waals surface area contributed by atoms with Gasteiger partial charge in [-0.05, 0) is 29.8 Å². The van der Waals surface area contributed by atoms with Gasteiger partial charge in [0.25, 0.3) is 0 Å². The first-order valence-corrected chi connectivity index (χ1v) is 10.9. The van der Waals surface area contributed by atoms with Crippen LogP contribution in [0.25, 0.3) is 0 Å². The summed E-state index contributed by atoms with van der Waals surface area (Å²) in [5, 5.41) is 3.01. The summed E-state index contributed by atoms with van der Waals surface area (Å²) in [4.78, 5) is 27.0. The summed E-state index contributed by atoms with van der Waals surface area (Å²) in [6.07, 6.45) is 0.367. The molecule has 6 nitrogen and oxygen atoms in total. The lowest BCUT2D eigenvalue weighted by Crippen LogP contribution is -2.43. The molecule has 2 aromatic carbocycles. The molecular weight excluding hydrogens is 448 g/mol. The molecule has 1 atom stereocenters. The van der Waals surface area contributed by atoms with Crippen LogP contribution < -0.4 is 10.1 Å². The van der Waals surface area contributed by atoms with Crippen LogP contribution in [-0.2, 0) is 9.53 Å². The van der Waals surface area contributed by atoms with E-state index in [1.807, 2.05) is 36.4 Å². The number of ketones is 1. The maximum atomic E-state index is 12.4. The fourth-order valence-electron chi connectivity index (χ4n) is 3.48. The smallest absolute Gasteiger partial charge is 0.220 e.